The van der Waals surface area contributed by atoms with Crippen molar-refractivity contribution in [2.75, 3.05) is 14.2 Å². The molecule has 5 rings (SSSR count). The minimum absolute atomic E-state index is 0.162. The van der Waals surface area contributed by atoms with Gasteiger partial charge in [-0.25, -0.2) is 0 Å². The van der Waals surface area contributed by atoms with Crippen molar-refractivity contribution in [1.29, 1.82) is 0 Å². The number of carbonyl (C=O) groups excluding carboxylic acids is 1. The molecule has 1 N–H and O–H groups in total. The Morgan fingerprint density at radius 3 is 2.47 bits per heavy atom. The third-order valence-electron chi connectivity index (χ3n) is 6.02. The van der Waals surface area contributed by atoms with E-state index in [1.807, 2.05) is 54.6 Å². The fourth-order valence-corrected chi connectivity index (χ4v) is 4.69. The van der Waals surface area contributed by atoms with Gasteiger partial charge in [0.25, 0.3) is 5.91 Å². The maximum atomic E-state index is 13.6. The highest BCUT2D eigenvalue weighted by atomic mass is 35.5. The molecule has 0 fully saturated rings. The van der Waals surface area contributed by atoms with Gasteiger partial charge >= 0.3 is 0 Å². The molecular weight excluding hydrogens is 473 g/mol. The highest BCUT2D eigenvalue weighted by molar-refractivity contribution is 6.31. The number of amides is 1. The van der Waals surface area contributed by atoms with Crippen LogP contribution < -0.4 is 9.47 Å². The lowest BCUT2D eigenvalue weighted by Crippen LogP contribution is -2.29. The molecular formula is C26H21Cl2N3O3. The normalized spacial score (nSPS) is 14.9. The molecule has 1 aliphatic heterocycles. The van der Waals surface area contributed by atoms with Crippen LogP contribution in [-0.2, 0) is 6.54 Å². The monoisotopic (exact) mass is 493 g/mol. The van der Waals surface area contributed by atoms with Gasteiger partial charge in [-0.1, -0.05) is 53.5 Å². The number of ether oxygens (including phenoxy) is 2. The summed E-state index contributed by atoms with van der Waals surface area (Å²) in [5.41, 5.74) is 4.43. The average molecular weight is 494 g/mol. The van der Waals surface area contributed by atoms with E-state index in [0.29, 0.717) is 39.5 Å². The Hall–Kier alpha value is -3.48. The van der Waals surface area contributed by atoms with Crippen molar-refractivity contribution in [3.05, 3.63) is 99.2 Å². The standard InChI is InChI=1S/C26H21Cl2N3O3/c1-33-18-11-12-19(21(13-18)34-2)25-22-23(15-7-9-17(27)10-8-15)29-30-24(22)26(32)31(25)14-16-5-3-4-6-20(16)28/h3-13,25H,14H2,1-2H3,(H,29,30). The molecule has 0 radical (unpaired) electrons. The number of halogens is 2. The second-order valence-electron chi connectivity index (χ2n) is 7.90. The Kier molecular flexibility index (Phi) is 5.94. The number of methoxy groups -OCH3 is 2. The SMILES string of the molecule is COc1ccc(C2c3c(-c4ccc(Cl)cc4)n[nH]c3C(=O)N2Cc2ccccc2Cl)c(OC)c1. The summed E-state index contributed by atoms with van der Waals surface area (Å²) < 4.78 is 11.1. The number of H-pyrrole nitrogens is 1. The number of hydrogen-bond acceptors (Lipinski definition) is 4. The Balaban J connectivity index is 1.69. The molecule has 0 saturated carbocycles. The van der Waals surface area contributed by atoms with Crippen LogP contribution in [0.2, 0.25) is 10.0 Å². The van der Waals surface area contributed by atoms with E-state index >= 15 is 0 Å². The molecule has 2 heterocycles. The zero-order valence-corrected chi connectivity index (χ0v) is 20.0. The number of rotatable bonds is 6. The number of hydrogen-bond donors (Lipinski definition) is 1. The minimum atomic E-state index is -0.455. The highest BCUT2D eigenvalue weighted by Gasteiger charge is 2.43. The van der Waals surface area contributed by atoms with Crippen molar-refractivity contribution in [2.24, 2.45) is 0 Å². The van der Waals surface area contributed by atoms with Crippen molar-refractivity contribution in [2.45, 2.75) is 12.6 Å². The van der Waals surface area contributed by atoms with Crippen LogP contribution in [0.1, 0.15) is 33.2 Å². The molecule has 8 heteroatoms. The predicted molar refractivity (Wildman–Crippen MR) is 132 cm³/mol. The summed E-state index contributed by atoms with van der Waals surface area (Å²) in [5.74, 6) is 1.11. The van der Waals surface area contributed by atoms with Crippen molar-refractivity contribution >= 4 is 29.1 Å². The van der Waals surface area contributed by atoms with Crippen molar-refractivity contribution in [3.8, 4) is 22.8 Å². The van der Waals surface area contributed by atoms with Gasteiger partial charge in [0.1, 0.15) is 17.2 Å². The van der Waals surface area contributed by atoms with Gasteiger partial charge in [-0.3, -0.25) is 9.89 Å². The van der Waals surface area contributed by atoms with Crippen LogP contribution in [0, 0.1) is 0 Å². The zero-order chi connectivity index (χ0) is 23.8. The summed E-state index contributed by atoms with van der Waals surface area (Å²) in [6.45, 7) is 0.320. The summed E-state index contributed by atoms with van der Waals surface area (Å²) in [6, 6.07) is 20.0. The van der Waals surface area contributed by atoms with Gasteiger partial charge in [-0.15, -0.1) is 0 Å². The maximum Gasteiger partial charge on any atom is 0.273 e. The Labute approximate surface area is 207 Å². The van der Waals surface area contributed by atoms with E-state index in [9.17, 15) is 4.79 Å². The van der Waals surface area contributed by atoms with Crippen LogP contribution in [0.3, 0.4) is 0 Å². The lowest BCUT2D eigenvalue weighted by atomic mass is 9.95. The zero-order valence-electron chi connectivity index (χ0n) is 18.5. The van der Waals surface area contributed by atoms with E-state index < -0.39 is 6.04 Å². The molecule has 4 aromatic rings. The lowest BCUT2D eigenvalue weighted by molar-refractivity contribution is 0.0728. The molecule has 0 bridgehead atoms. The smallest absolute Gasteiger partial charge is 0.273 e. The molecule has 3 aromatic carbocycles. The van der Waals surface area contributed by atoms with E-state index in [4.69, 9.17) is 32.7 Å². The molecule has 0 aliphatic carbocycles. The van der Waals surface area contributed by atoms with Gasteiger partial charge in [0, 0.05) is 39.3 Å². The van der Waals surface area contributed by atoms with Gasteiger partial charge in [0.05, 0.1) is 26.0 Å². The first-order chi connectivity index (χ1) is 16.5. The molecule has 34 heavy (non-hydrogen) atoms. The second kappa shape index (κ2) is 9.05. The van der Waals surface area contributed by atoms with E-state index in [0.717, 1.165) is 22.3 Å². The fraction of sp³-hybridized carbons (Fsp3) is 0.154. The van der Waals surface area contributed by atoms with Gasteiger partial charge in [0.15, 0.2) is 0 Å². The summed E-state index contributed by atoms with van der Waals surface area (Å²) in [4.78, 5) is 15.4. The Morgan fingerprint density at radius 1 is 1.00 bits per heavy atom. The third kappa shape index (κ3) is 3.79. The van der Waals surface area contributed by atoms with E-state index in [2.05, 4.69) is 10.2 Å². The third-order valence-corrected chi connectivity index (χ3v) is 6.64. The first-order valence-electron chi connectivity index (χ1n) is 10.6. The molecule has 1 unspecified atom stereocenters. The number of nitrogens with one attached hydrogen (secondary N) is 1. The molecule has 1 aromatic heterocycles. The molecule has 0 saturated heterocycles. The molecule has 0 spiro atoms. The topological polar surface area (TPSA) is 67.5 Å². The number of fused-ring (bicyclic) bond motifs is 1. The maximum absolute atomic E-state index is 13.6. The Morgan fingerprint density at radius 2 is 1.76 bits per heavy atom. The van der Waals surface area contributed by atoms with Crippen LogP contribution >= 0.6 is 23.2 Å². The lowest BCUT2D eigenvalue weighted by Gasteiger charge is -2.28. The number of aromatic amines is 1. The van der Waals surface area contributed by atoms with Crippen molar-refractivity contribution in [3.63, 3.8) is 0 Å². The van der Waals surface area contributed by atoms with Gasteiger partial charge in [0.2, 0.25) is 0 Å². The van der Waals surface area contributed by atoms with Crippen LogP contribution in [-0.4, -0.2) is 35.2 Å². The van der Waals surface area contributed by atoms with Gasteiger partial charge in [-0.2, -0.15) is 5.10 Å². The molecule has 172 valence electrons. The van der Waals surface area contributed by atoms with Gasteiger partial charge < -0.3 is 14.4 Å². The molecule has 1 atom stereocenters. The van der Waals surface area contributed by atoms with E-state index in [1.54, 1.807) is 31.3 Å². The molecule has 1 amide bonds. The van der Waals surface area contributed by atoms with Crippen LogP contribution in [0.15, 0.2) is 66.7 Å². The number of benzene rings is 3. The first-order valence-corrected chi connectivity index (χ1v) is 11.4. The predicted octanol–water partition coefficient (Wildman–Crippen LogP) is 6.15. The largest absolute Gasteiger partial charge is 0.497 e. The molecule has 6 nitrogen and oxygen atoms in total. The number of nitrogens with zero attached hydrogens (tertiary/aromatic N) is 2. The fourth-order valence-electron chi connectivity index (χ4n) is 4.37. The highest BCUT2D eigenvalue weighted by Crippen LogP contribution is 2.47. The van der Waals surface area contributed by atoms with Crippen LogP contribution in [0.4, 0.5) is 0 Å². The summed E-state index contributed by atoms with van der Waals surface area (Å²) in [5, 5.41) is 8.70. The summed E-state index contributed by atoms with van der Waals surface area (Å²) >= 11 is 12.6. The number of aromatic nitrogens is 2. The van der Waals surface area contributed by atoms with Gasteiger partial charge in [-0.05, 0) is 35.9 Å². The summed E-state index contributed by atoms with van der Waals surface area (Å²) in [6.07, 6.45) is 0. The van der Waals surface area contributed by atoms with Crippen molar-refractivity contribution in [1.82, 2.24) is 15.1 Å². The first kappa shape index (κ1) is 22.3. The quantitative estimate of drug-likeness (QED) is 0.349. The number of carbonyl (C=O) groups is 1. The van der Waals surface area contributed by atoms with Crippen LogP contribution in [0.5, 0.6) is 11.5 Å². The average Bonchev–Trinajstić information content (AvgIpc) is 3.40. The van der Waals surface area contributed by atoms with E-state index in [1.165, 1.54) is 0 Å². The second-order valence-corrected chi connectivity index (χ2v) is 8.75. The van der Waals surface area contributed by atoms with Crippen molar-refractivity contribution < 1.29 is 14.3 Å². The summed E-state index contributed by atoms with van der Waals surface area (Å²) in [7, 11) is 3.20. The molecule has 1 aliphatic rings. The minimum Gasteiger partial charge on any atom is -0.497 e. The van der Waals surface area contributed by atoms with Crippen LogP contribution in [0.25, 0.3) is 11.3 Å². The Bertz CT molecular complexity index is 1370. The van der Waals surface area contributed by atoms with E-state index in [-0.39, 0.29) is 5.91 Å².